The Morgan fingerprint density at radius 3 is 2.26 bits per heavy atom. The molecule has 34 heavy (non-hydrogen) atoms. The highest BCUT2D eigenvalue weighted by Crippen LogP contribution is 2.43. The summed E-state index contributed by atoms with van der Waals surface area (Å²) in [5, 5.41) is 21.4. The van der Waals surface area contributed by atoms with E-state index in [1.807, 2.05) is 6.07 Å². The number of anilines is 1. The lowest BCUT2D eigenvalue weighted by molar-refractivity contribution is -0.384. The summed E-state index contributed by atoms with van der Waals surface area (Å²) in [5.41, 5.74) is 6.00. The largest absolute Gasteiger partial charge is 0.497 e. The summed E-state index contributed by atoms with van der Waals surface area (Å²) >= 11 is 0. The molecule has 2 aromatic carbocycles. The second kappa shape index (κ2) is 9.74. The van der Waals surface area contributed by atoms with Gasteiger partial charge in [0.2, 0.25) is 0 Å². The van der Waals surface area contributed by atoms with Crippen molar-refractivity contribution >= 4 is 23.3 Å². The Labute approximate surface area is 194 Å². The van der Waals surface area contributed by atoms with Crippen LogP contribution in [0, 0.1) is 21.4 Å². The van der Waals surface area contributed by atoms with E-state index in [1.165, 1.54) is 36.3 Å². The number of allylic oxidation sites excluding steroid dienone is 1. The van der Waals surface area contributed by atoms with Crippen molar-refractivity contribution in [2.45, 2.75) is 5.92 Å². The smallest absolute Gasteiger partial charge is 0.355 e. The quantitative estimate of drug-likeness (QED) is 0.382. The number of nitro benzene ring substituents is 1. The molecule has 0 saturated heterocycles. The summed E-state index contributed by atoms with van der Waals surface area (Å²) in [6.45, 7) is 0. The van der Waals surface area contributed by atoms with E-state index in [2.05, 4.69) is 0 Å². The minimum atomic E-state index is -1.22. The van der Waals surface area contributed by atoms with Gasteiger partial charge < -0.3 is 19.9 Å². The Morgan fingerprint density at radius 2 is 1.74 bits per heavy atom. The third-order valence-corrected chi connectivity index (χ3v) is 5.22. The minimum Gasteiger partial charge on any atom is -0.497 e. The number of benzene rings is 2. The van der Waals surface area contributed by atoms with Crippen molar-refractivity contribution in [2.75, 3.05) is 26.2 Å². The number of ether oxygens (including phenoxy) is 3. The van der Waals surface area contributed by atoms with E-state index in [-0.39, 0.29) is 33.9 Å². The van der Waals surface area contributed by atoms with E-state index in [1.54, 1.807) is 24.3 Å². The lowest BCUT2D eigenvalue weighted by Crippen LogP contribution is -2.40. The van der Waals surface area contributed by atoms with E-state index < -0.39 is 22.8 Å². The number of rotatable bonds is 6. The predicted molar refractivity (Wildman–Crippen MR) is 119 cm³/mol. The first-order valence-corrected chi connectivity index (χ1v) is 9.78. The average Bonchev–Trinajstić information content (AvgIpc) is 2.87. The van der Waals surface area contributed by atoms with Crippen LogP contribution < -0.4 is 15.4 Å². The Kier molecular flexibility index (Phi) is 6.82. The molecule has 1 aliphatic heterocycles. The molecule has 11 nitrogen and oxygen atoms in total. The molecule has 1 unspecified atom stereocenters. The lowest BCUT2D eigenvalue weighted by Gasteiger charge is -2.35. The fourth-order valence-electron chi connectivity index (χ4n) is 3.69. The summed E-state index contributed by atoms with van der Waals surface area (Å²) in [6.07, 6.45) is 0. The van der Waals surface area contributed by atoms with Gasteiger partial charge in [-0.05, 0) is 29.8 Å². The van der Waals surface area contributed by atoms with Crippen LogP contribution in [0.5, 0.6) is 5.75 Å². The van der Waals surface area contributed by atoms with Crippen molar-refractivity contribution in [3.05, 3.63) is 86.9 Å². The summed E-state index contributed by atoms with van der Waals surface area (Å²) in [7, 11) is 3.72. The molecular formula is C23H20N4O7. The monoisotopic (exact) mass is 464 g/mol. The molecule has 11 heteroatoms. The van der Waals surface area contributed by atoms with Crippen molar-refractivity contribution in [1.29, 1.82) is 5.26 Å². The average molecular weight is 464 g/mol. The molecule has 0 spiro atoms. The number of nitrogens with zero attached hydrogens (tertiary/aromatic N) is 3. The number of hydrogen-bond acceptors (Lipinski definition) is 10. The Morgan fingerprint density at radius 1 is 1.09 bits per heavy atom. The number of esters is 2. The van der Waals surface area contributed by atoms with Crippen molar-refractivity contribution in [3.8, 4) is 11.8 Å². The van der Waals surface area contributed by atoms with Crippen LogP contribution in [0.25, 0.3) is 0 Å². The normalized spacial score (nSPS) is 15.5. The standard InChI is InChI=1S/C23H20N4O7/c1-32-16-9-7-14(8-10-16)26-20(23(29)34-3)19(22(28)33-2)18(17(12-24)21(26)25)13-5-4-6-15(11-13)27(30)31/h4-11,18H,25H2,1-3H3. The van der Waals surface area contributed by atoms with Gasteiger partial charge in [-0.25, -0.2) is 9.59 Å². The van der Waals surface area contributed by atoms with Crippen LogP contribution in [-0.2, 0) is 19.1 Å². The minimum absolute atomic E-state index is 0.107. The maximum absolute atomic E-state index is 13.0. The molecule has 1 heterocycles. The van der Waals surface area contributed by atoms with Gasteiger partial charge in [0.1, 0.15) is 17.3 Å². The van der Waals surface area contributed by atoms with Gasteiger partial charge in [0, 0.05) is 17.8 Å². The van der Waals surface area contributed by atoms with E-state index in [0.717, 1.165) is 14.2 Å². The van der Waals surface area contributed by atoms with Gasteiger partial charge in [0.25, 0.3) is 5.69 Å². The first-order chi connectivity index (χ1) is 16.3. The fourth-order valence-corrected chi connectivity index (χ4v) is 3.69. The van der Waals surface area contributed by atoms with E-state index >= 15 is 0 Å². The van der Waals surface area contributed by atoms with Crippen LogP contribution in [0.4, 0.5) is 11.4 Å². The zero-order valence-electron chi connectivity index (χ0n) is 18.5. The number of non-ortho nitro benzene ring substituents is 1. The van der Waals surface area contributed by atoms with Gasteiger partial charge in [-0.2, -0.15) is 5.26 Å². The molecule has 0 radical (unpaired) electrons. The molecule has 2 aromatic rings. The number of nitriles is 1. The number of nitro groups is 1. The lowest BCUT2D eigenvalue weighted by atomic mass is 9.80. The van der Waals surface area contributed by atoms with E-state index in [9.17, 15) is 25.0 Å². The number of hydrogen-bond donors (Lipinski definition) is 1. The summed E-state index contributed by atoms with van der Waals surface area (Å²) in [4.78, 5) is 37.9. The predicted octanol–water partition coefficient (Wildman–Crippen LogP) is 2.50. The van der Waals surface area contributed by atoms with Gasteiger partial charge in [-0.1, -0.05) is 12.1 Å². The first kappa shape index (κ1) is 23.8. The van der Waals surface area contributed by atoms with Gasteiger partial charge in [0.15, 0.2) is 0 Å². The first-order valence-electron chi connectivity index (χ1n) is 9.78. The number of carbonyl (C=O) groups is 2. The fraction of sp³-hybridized carbons (Fsp3) is 0.174. The van der Waals surface area contributed by atoms with Crippen LogP contribution in [0.1, 0.15) is 11.5 Å². The Bertz CT molecular complexity index is 1260. The highest BCUT2D eigenvalue weighted by molar-refractivity contribution is 6.06. The third kappa shape index (κ3) is 4.12. The molecule has 0 fully saturated rings. The molecule has 0 amide bonds. The maximum atomic E-state index is 13.0. The highest BCUT2D eigenvalue weighted by Gasteiger charge is 2.43. The van der Waals surface area contributed by atoms with Crippen LogP contribution in [-0.4, -0.2) is 38.2 Å². The highest BCUT2D eigenvalue weighted by atomic mass is 16.6. The zero-order chi connectivity index (χ0) is 25.0. The summed E-state index contributed by atoms with van der Waals surface area (Å²) < 4.78 is 15.0. The zero-order valence-corrected chi connectivity index (χ0v) is 18.5. The molecule has 2 N–H and O–H groups in total. The molecule has 3 rings (SSSR count). The van der Waals surface area contributed by atoms with Crippen LogP contribution in [0.15, 0.2) is 71.2 Å². The topological polar surface area (TPSA) is 158 Å². The Balaban J connectivity index is 2.39. The molecule has 0 aromatic heterocycles. The molecule has 174 valence electrons. The summed E-state index contributed by atoms with van der Waals surface area (Å²) in [5.74, 6) is -2.71. The molecule has 1 atom stereocenters. The van der Waals surface area contributed by atoms with Crippen LogP contribution in [0.3, 0.4) is 0 Å². The van der Waals surface area contributed by atoms with Crippen molar-refractivity contribution < 1.29 is 28.7 Å². The molecule has 0 saturated carbocycles. The van der Waals surface area contributed by atoms with Gasteiger partial charge in [-0.15, -0.1) is 0 Å². The van der Waals surface area contributed by atoms with Crippen molar-refractivity contribution in [3.63, 3.8) is 0 Å². The van der Waals surface area contributed by atoms with Crippen molar-refractivity contribution in [1.82, 2.24) is 0 Å². The maximum Gasteiger partial charge on any atom is 0.355 e. The molecule has 0 bridgehead atoms. The summed E-state index contributed by atoms with van der Waals surface area (Å²) in [6, 6.07) is 13.7. The SMILES string of the molecule is COC(=O)C1=C(C(=O)OC)N(c2ccc(OC)cc2)C(N)=C(C#N)C1c1cccc([N+](=O)[O-])c1. The number of nitrogens with two attached hydrogens (primary N) is 1. The van der Waals surface area contributed by atoms with Crippen molar-refractivity contribution in [2.24, 2.45) is 5.73 Å². The van der Waals surface area contributed by atoms with Gasteiger partial charge in [0.05, 0.1) is 49.4 Å². The van der Waals surface area contributed by atoms with Gasteiger partial charge >= 0.3 is 11.9 Å². The second-order valence-electron chi connectivity index (χ2n) is 6.97. The Hall–Kier alpha value is -4.85. The van der Waals surface area contributed by atoms with Crippen LogP contribution >= 0.6 is 0 Å². The third-order valence-electron chi connectivity index (χ3n) is 5.22. The second-order valence-corrected chi connectivity index (χ2v) is 6.97. The number of methoxy groups -OCH3 is 3. The molecular weight excluding hydrogens is 444 g/mol. The van der Waals surface area contributed by atoms with E-state index in [4.69, 9.17) is 19.9 Å². The molecule has 0 aliphatic carbocycles. The number of carbonyl (C=O) groups excluding carboxylic acids is 2. The van der Waals surface area contributed by atoms with Gasteiger partial charge in [-0.3, -0.25) is 15.0 Å². The van der Waals surface area contributed by atoms with E-state index in [0.29, 0.717) is 11.4 Å². The van der Waals surface area contributed by atoms with Crippen LogP contribution in [0.2, 0.25) is 0 Å². The molecule has 1 aliphatic rings.